The van der Waals surface area contributed by atoms with Crippen LogP contribution in [-0.4, -0.2) is 25.8 Å². The molecule has 2 nitrogen and oxygen atoms in total. The van der Waals surface area contributed by atoms with Crippen LogP contribution >= 0.6 is 23.2 Å². The van der Waals surface area contributed by atoms with E-state index in [1.165, 1.54) is 5.56 Å². The Kier molecular flexibility index (Phi) is 5.13. The van der Waals surface area contributed by atoms with E-state index in [2.05, 4.69) is 18.3 Å². The van der Waals surface area contributed by atoms with Crippen molar-refractivity contribution in [1.29, 1.82) is 0 Å². The molecule has 106 valence electrons. The third kappa shape index (κ3) is 3.08. The van der Waals surface area contributed by atoms with E-state index in [0.717, 1.165) is 32.6 Å². The lowest BCUT2D eigenvalue weighted by atomic mass is 9.72. The lowest BCUT2D eigenvalue weighted by Gasteiger charge is -2.34. The van der Waals surface area contributed by atoms with Gasteiger partial charge in [0.1, 0.15) is 0 Å². The summed E-state index contributed by atoms with van der Waals surface area (Å²) < 4.78 is 5.56. The number of hydrogen-bond acceptors (Lipinski definition) is 2. The zero-order chi connectivity index (χ0) is 13.9. The molecule has 1 N–H and O–H groups in total. The second kappa shape index (κ2) is 6.45. The monoisotopic (exact) mass is 301 g/mol. The predicted octanol–water partition coefficient (Wildman–Crippen LogP) is 4.04. The van der Waals surface area contributed by atoms with Crippen molar-refractivity contribution < 1.29 is 4.74 Å². The van der Waals surface area contributed by atoms with Crippen LogP contribution in [0, 0.1) is 0 Å². The average Bonchev–Trinajstić information content (AvgIpc) is 2.76. The van der Waals surface area contributed by atoms with Gasteiger partial charge in [0.25, 0.3) is 0 Å². The van der Waals surface area contributed by atoms with E-state index in [1.54, 1.807) is 0 Å². The molecule has 1 fully saturated rings. The summed E-state index contributed by atoms with van der Waals surface area (Å²) in [5.41, 5.74) is 1.36. The Balaban J connectivity index is 2.28. The summed E-state index contributed by atoms with van der Waals surface area (Å²) in [7, 11) is 0. The first-order valence-corrected chi connectivity index (χ1v) is 7.62. The summed E-state index contributed by atoms with van der Waals surface area (Å²) >= 11 is 12.2. The molecule has 2 rings (SSSR count). The maximum absolute atomic E-state index is 6.18. The average molecular weight is 302 g/mol. The highest BCUT2D eigenvalue weighted by atomic mass is 35.5. The van der Waals surface area contributed by atoms with Gasteiger partial charge in [0.05, 0.1) is 10.0 Å². The van der Waals surface area contributed by atoms with E-state index in [1.807, 2.05) is 19.1 Å². The van der Waals surface area contributed by atoms with E-state index >= 15 is 0 Å². The smallest absolute Gasteiger partial charge is 0.0595 e. The molecule has 0 spiro atoms. The molecule has 19 heavy (non-hydrogen) atoms. The van der Waals surface area contributed by atoms with E-state index in [9.17, 15) is 0 Å². The number of benzene rings is 1. The van der Waals surface area contributed by atoms with Crippen LogP contribution in [0.1, 0.15) is 32.3 Å². The van der Waals surface area contributed by atoms with Crippen LogP contribution in [0.15, 0.2) is 18.2 Å². The topological polar surface area (TPSA) is 21.3 Å². The first-order chi connectivity index (χ1) is 9.10. The Hall–Kier alpha value is -0.280. The summed E-state index contributed by atoms with van der Waals surface area (Å²) in [5.74, 6) is 0. The summed E-state index contributed by atoms with van der Waals surface area (Å²) in [6, 6.07) is 6.43. The SMILES string of the molecule is CCOCCC1(c2ccc(Cl)c(Cl)c2)CCN[C@@H]1C. The van der Waals surface area contributed by atoms with Gasteiger partial charge in [-0.25, -0.2) is 0 Å². The summed E-state index contributed by atoms with van der Waals surface area (Å²) in [5, 5.41) is 4.79. The number of rotatable bonds is 5. The molecule has 1 aliphatic heterocycles. The molecule has 0 radical (unpaired) electrons. The van der Waals surface area contributed by atoms with Gasteiger partial charge in [0.2, 0.25) is 0 Å². The van der Waals surface area contributed by atoms with Crippen LogP contribution in [-0.2, 0) is 10.2 Å². The number of hydrogen-bond donors (Lipinski definition) is 1. The third-order valence-corrected chi connectivity index (χ3v) is 4.98. The van der Waals surface area contributed by atoms with Crippen molar-refractivity contribution in [3.63, 3.8) is 0 Å². The van der Waals surface area contributed by atoms with Gasteiger partial charge in [-0.3, -0.25) is 0 Å². The molecular formula is C15H21Cl2NO. The van der Waals surface area contributed by atoms with E-state index in [4.69, 9.17) is 27.9 Å². The van der Waals surface area contributed by atoms with Crippen LogP contribution in [0.5, 0.6) is 0 Å². The normalized spacial score (nSPS) is 26.8. The molecule has 1 aromatic rings. The van der Waals surface area contributed by atoms with Crippen LogP contribution < -0.4 is 5.32 Å². The van der Waals surface area contributed by atoms with Gasteiger partial charge in [0, 0.05) is 24.7 Å². The van der Waals surface area contributed by atoms with Gasteiger partial charge in [-0.1, -0.05) is 29.3 Å². The minimum atomic E-state index is 0.101. The fraction of sp³-hybridized carbons (Fsp3) is 0.600. The van der Waals surface area contributed by atoms with Gasteiger partial charge in [0.15, 0.2) is 0 Å². The molecule has 0 bridgehead atoms. The second-order valence-corrected chi connectivity index (χ2v) is 5.97. The van der Waals surface area contributed by atoms with Crippen LogP contribution in [0.2, 0.25) is 10.0 Å². The van der Waals surface area contributed by atoms with Gasteiger partial charge in [-0.2, -0.15) is 0 Å². The van der Waals surface area contributed by atoms with Crippen LogP contribution in [0.3, 0.4) is 0 Å². The minimum Gasteiger partial charge on any atom is -0.382 e. The first kappa shape index (κ1) is 15.1. The Morgan fingerprint density at radius 2 is 2.16 bits per heavy atom. The fourth-order valence-electron chi connectivity index (χ4n) is 3.01. The largest absolute Gasteiger partial charge is 0.382 e. The van der Waals surface area contributed by atoms with E-state index in [-0.39, 0.29) is 5.41 Å². The molecular weight excluding hydrogens is 281 g/mol. The molecule has 0 amide bonds. The fourth-order valence-corrected chi connectivity index (χ4v) is 3.31. The zero-order valence-corrected chi connectivity index (χ0v) is 13.0. The van der Waals surface area contributed by atoms with Crippen molar-refractivity contribution in [3.05, 3.63) is 33.8 Å². The van der Waals surface area contributed by atoms with Crippen molar-refractivity contribution in [2.45, 2.75) is 38.1 Å². The summed E-state index contributed by atoms with van der Waals surface area (Å²) in [6.45, 7) is 6.85. The standard InChI is InChI=1S/C15H21Cl2NO/c1-3-19-9-7-15(6-8-18-11(15)2)12-4-5-13(16)14(17)10-12/h4-5,10-11,18H,3,6-9H2,1-2H3/t11-,15?/m1/s1. The molecule has 0 aromatic heterocycles. The zero-order valence-electron chi connectivity index (χ0n) is 11.5. The Morgan fingerprint density at radius 3 is 2.74 bits per heavy atom. The molecule has 1 saturated heterocycles. The maximum atomic E-state index is 6.18. The molecule has 1 aromatic carbocycles. The number of halogens is 2. The molecule has 0 saturated carbocycles. The minimum absolute atomic E-state index is 0.101. The molecule has 4 heteroatoms. The van der Waals surface area contributed by atoms with Gasteiger partial charge >= 0.3 is 0 Å². The molecule has 1 unspecified atom stereocenters. The van der Waals surface area contributed by atoms with Crippen molar-refractivity contribution in [3.8, 4) is 0 Å². The van der Waals surface area contributed by atoms with Crippen LogP contribution in [0.4, 0.5) is 0 Å². The highest BCUT2D eigenvalue weighted by Gasteiger charge is 2.41. The van der Waals surface area contributed by atoms with Crippen molar-refractivity contribution in [2.75, 3.05) is 19.8 Å². The maximum Gasteiger partial charge on any atom is 0.0595 e. The summed E-state index contributed by atoms with van der Waals surface area (Å²) in [6.07, 6.45) is 2.12. The number of nitrogens with one attached hydrogen (secondary N) is 1. The van der Waals surface area contributed by atoms with Gasteiger partial charge < -0.3 is 10.1 Å². The number of ether oxygens (including phenoxy) is 1. The van der Waals surface area contributed by atoms with Crippen LogP contribution in [0.25, 0.3) is 0 Å². The lowest BCUT2D eigenvalue weighted by molar-refractivity contribution is 0.122. The molecule has 1 aliphatic rings. The van der Waals surface area contributed by atoms with E-state index in [0.29, 0.717) is 16.1 Å². The van der Waals surface area contributed by atoms with E-state index < -0.39 is 0 Å². The first-order valence-electron chi connectivity index (χ1n) is 6.87. The second-order valence-electron chi connectivity index (χ2n) is 5.16. The van der Waals surface area contributed by atoms with Gasteiger partial charge in [-0.15, -0.1) is 0 Å². The molecule has 0 aliphatic carbocycles. The Labute approximate surface area is 125 Å². The van der Waals surface area contributed by atoms with Gasteiger partial charge in [-0.05, 0) is 50.9 Å². The third-order valence-electron chi connectivity index (χ3n) is 4.24. The molecule has 1 heterocycles. The van der Waals surface area contributed by atoms with Crippen molar-refractivity contribution >= 4 is 23.2 Å². The Morgan fingerprint density at radius 1 is 1.37 bits per heavy atom. The highest BCUT2D eigenvalue weighted by Crippen LogP contribution is 2.40. The molecule has 2 atom stereocenters. The quantitative estimate of drug-likeness (QED) is 0.829. The highest BCUT2D eigenvalue weighted by molar-refractivity contribution is 6.42. The van der Waals surface area contributed by atoms with Crippen molar-refractivity contribution in [2.24, 2.45) is 0 Å². The summed E-state index contributed by atoms with van der Waals surface area (Å²) in [4.78, 5) is 0. The lowest BCUT2D eigenvalue weighted by Crippen LogP contribution is -2.39. The van der Waals surface area contributed by atoms with Crippen molar-refractivity contribution in [1.82, 2.24) is 5.32 Å². The Bertz CT molecular complexity index is 438. The predicted molar refractivity (Wildman–Crippen MR) is 81.3 cm³/mol.